The molecule has 1 aliphatic rings. The Labute approximate surface area is 158 Å². The maximum absolute atomic E-state index is 5.98. The Morgan fingerprint density at radius 2 is 1.50 bits per heavy atom. The quantitative estimate of drug-likeness (QED) is 0.604. The van der Waals surface area contributed by atoms with Crippen LogP contribution in [0.2, 0.25) is 0 Å². The van der Waals surface area contributed by atoms with Gasteiger partial charge in [-0.25, -0.2) is 0 Å². The van der Waals surface area contributed by atoms with Crippen molar-refractivity contribution in [3.8, 4) is 22.6 Å². The van der Waals surface area contributed by atoms with Gasteiger partial charge in [-0.05, 0) is 16.7 Å². The summed E-state index contributed by atoms with van der Waals surface area (Å²) >= 11 is 1.60. The number of hydrogen-bond acceptors (Lipinski definition) is 4. The Morgan fingerprint density at radius 1 is 0.885 bits per heavy atom. The van der Waals surface area contributed by atoms with E-state index in [1.165, 1.54) is 16.7 Å². The molecule has 0 radical (unpaired) electrons. The molecule has 0 bridgehead atoms. The molecule has 0 aliphatic carbocycles. The molecule has 3 aromatic rings. The van der Waals surface area contributed by atoms with Crippen molar-refractivity contribution in [3.63, 3.8) is 0 Å². The van der Waals surface area contributed by atoms with Gasteiger partial charge < -0.3 is 14.2 Å². The summed E-state index contributed by atoms with van der Waals surface area (Å²) in [5.41, 5.74) is 3.47. The molecule has 1 aliphatic heterocycles. The van der Waals surface area contributed by atoms with E-state index in [4.69, 9.17) is 14.2 Å². The summed E-state index contributed by atoms with van der Waals surface area (Å²) in [6.45, 7) is 4.53. The predicted molar refractivity (Wildman–Crippen MR) is 105 cm³/mol. The lowest BCUT2D eigenvalue weighted by atomic mass is 9.94. The minimum Gasteiger partial charge on any atom is -0.488 e. The highest BCUT2D eigenvalue weighted by atomic mass is 32.1. The molecule has 0 saturated heterocycles. The monoisotopic (exact) mass is 366 g/mol. The maximum atomic E-state index is 5.98. The van der Waals surface area contributed by atoms with Crippen LogP contribution in [0.5, 0.6) is 11.5 Å². The van der Waals surface area contributed by atoms with E-state index >= 15 is 0 Å². The Balaban J connectivity index is 1.31. The zero-order valence-corrected chi connectivity index (χ0v) is 15.6. The summed E-state index contributed by atoms with van der Waals surface area (Å²) in [5.74, 6) is 1.69. The Kier molecular flexibility index (Phi) is 4.96. The predicted octanol–water partition coefficient (Wildman–Crippen LogP) is 5.41. The number of fused-ring (bicyclic) bond motifs is 1. The van der Waals surface area contributed by atoms with Crippen LogP contribution < -0.4 is 9.47 Å². The van der Waals surface area contributed by atoms with Crippen LogP contribution in [-0.2, 0) is 11.3 Å². The van der Waals surface area contributed by atoms with E-state index in [1.54, 1.807) is 11.3 Å². The molecule has 2 aromatic carbocycles. The maximum Gasteiger partial charge on any atom is 0.171 e. The van der Waals surface area contributed by atoms with Gasteiger partial charge in [-0.3, -0.25) is 0 Å². The van der Waals surface area contributed by atoms with Crippen molar-refractivity contribution >= 4 is 11.3 Å². The molecule has 0 amide bonds. The van der Waals surface area contributed by atoms with Crippen molar-refractivity contribution in [2.24, 2.45) is 5.41 Å². The Hall–Kier alpha value is -2.30. The average molecular weight is 366 g/mol. The molecule has 1 aromatic heterocycles. The van der Waals surface area contributed by atoms with E-state index in [2.05, 4.69) is 55.5 Å². The third kappa shape index (κ3) is 3.92. The summed E-state index contributed by atoms with van der Waals surface area (Å²) < 4.78 is 17.7. The second kappa shape index (κ2) is 7.52. The lowest BCUT2D eigenvalue weighted by molar-refractivity contribution is -0.000505. The summed E-state index contributed by atoms with van der Waals surface area (Å²) in [6, 6.07) is 18.9. The smallest absolute Gasteiger partial charge is 0.171 e. The first-order chi connectivity index (χ1) is 12.7. The first kappa shape index (κ1) is 17.1. The minimum absolute atomic E-state index is 0.152. The molecule has 2 heterocycles. The Bertz CT molecular complexity index is 817. The number of hydrogen-bond donors (Lipinski definition) is 0. The molecule has 0 unspecified atom stereocenters. The molecule has 0 saturated carbocycles. The van der Waals surface area contributed by atoms with Gasteiger partial charge in [0.1, 0.15) is 0 Å². The van der Waals surface area contributed by atoms with Crippen molar-refractivity contribution in [2.45, 2.75) is 13.5 Å². The summed E-state index contributed by atoms with van der Waals surface area (Å²) in [5, 5.41) is 3.96. The van der Waals surface area contributed by atoms with Crippen LogP contribution in [0.4, 0.5) is 0 Å². The van der Waals surface area contributed by atoms with Gasteiger partial charge in [-0.1, -0.05) is 61.5 Å². The molecular formula is C22H22O3S. The topological polar surface area (TPSA) is 27.7 Å². The van der Waals surface area contributed by atoms with E-state index in [-0.39, 0.29) is 5.41 Å². The highest BCUT2D eigenvalue weighted by molar-refractivity contribution is 7.08. The van der Waals surface area contributed by atoms with Gasteiger partial charge in [0.05, 0.1) is 31.8 Å². The molecule has 3 nitrogen and oxygen atoms in total. The van der Waals surface area contributed by atoms with E-state index in [0.717, 1.165) is 11.5 Å². The van der Waals surface area contributed by atoms with Crippen molar-refractivity contribution in [1.82, 2.24) is 0 Å². The second-order valence-electron chi connectivity index (χ2n) is 7.04. The fourth-order valence-electron chi connectivity index (χ4n) is 2.95. The van der Waals surface area contributed by atoms with E-state index in [0.29, 0.717) is 26.4 Å². The molecule has 26 heavy (non-hydrogen) atoms. The van der Waals surface area contributed by atoms with Crippen LogP contribution in [0.15, 0.2) is 65.4 Å². The standard InChI is InChI=1S/C22H22O3S/c1-22(15-24-20-12-26-13-21(20)25-16-22)14-23-11-17-7-9-19(10-8-17)18-5-3-2-4-6-18/h2-10,12-13H,11,14-16H2,1H3. The van der Waals surface area contributed by atoms with E-state index in [1.807, 2.05) is 16.8 Å². The fourth-order valence-corrected chi connectivity index (χ4v) is 3.64. The fraction of sp³-hybridized carbons (Fsp3) is 0.273. The number of thiophene rings is 1. The molecule has 4 rings (SSSR count). The number of benzene rings is 2. The van der Waals surface area contributed by atoms with Crippen LogP contribution >= 0.6 is 11.3 Å². The summed E-state index contributed by atoms with van der Waals surface area (Å²) in [4.78, 5) is 0. The van der Waals surface area contributed by atoms with Crippen LogP contribution in [0.1, 0.15) is 12.5 Å². The van der Waals surface area contributed by atoms with Crippen molar-refractivity contribution < 1.29 is 14.2 Å². The van der Waals surface area contributed by atoms with Crippen LogP contribution in [0.25, 0.3) is 11.1 Å². The first-order valence-electron chi connectivity index (χ1n) is 8.76. The second-order valence-corrected chi connectivity index (χ2v) is 7.79. The van der Waals surface area contributed by atoms with Gasteiger partial charge in [0.25, 0.3) is 0 Å². The summed E-state index contributed by atoms with van der Waals surface area (Å²) in [6.07, 6.45) is 0. The van der Waals surface area contributed by atoms with E-state index < -0.39 is 0 Å². The van der Waals surface area contributed by atoms with Crippen molar-refractivity contribution in [1.29, 1.82) is 0 Å². The first-order valence-corrected chi connectivity index (χ1v) is 9.70. The highest BCUT2D eigenvalue weighted by Gasteiger charge is 2.31. The van der Waals surface area contributed by atoms with Gasteiger partial charge in [0, 0.05) is 10.8 Å². The van der Waals surface area contributed by atoms with Crippen molar-refractivity contribution in [2.75, 3.05) is 19.8 Å². The van der Waals surface area contributed by atoms with E-state index in [9.17, 15) is 0 Å². The van der Waals surface area contributed by atoms with Gasteiger partial charge >= 0.3 is 0 Å². The lowest BCUT2D eigenvalue weighted by Gasteiger charge is -2.26. The molecule has 0 N–H and O–H groups in total. The molecule has 4 heteroatoms. The number of ether oxygens (including phenoxy) is 3. The van der Waals surface area contributed by atoms with Gasteiger partial charge in [0.2, 0.25) is 0 Å². The normalized spacial score (nSPS) is 15.4. The van der Waals surface area contributed by atoms with Crippen LogP contribution in [-0.4, -0.2) is 19.8 Å². The Morgan fingerprint density at radius 3 is 2.15 bits per heavy atom. The highest BCUT2D eigenvalue weighted by Crippen LogP contribution is 2.36. The molecule has 134 valence electrons. The molecular weight excluding hydrogens is 344 g/mol. The molecule has 0 atom stereocenters. The third-order valence-electron chi connectivity index (χ3n) is 4.53. The van der Waals surface area contributed by atoms with Gasteiger partial charge in [-0.15, -0.1) is 11.3 Å². The third-order valence-corrected chi connectivity index (χ3v) is 5.23. The molecule has 0 fully saturated rings. The zero-order chi connectivity index (χ0) is 17.8. The average Bonchev–Trinajstić information content (AvgIpc) is 3.08. The van der Waals surface area contributed by atoms with Gasteiger partial charge in [-0.2, -0.15) is 0 Å². The van der Waals surface area contributed by atoms with Gasteiger partial charge in [0.15, 0.2) is 11.5 Å². The largest absolute Gasteiger partial charge is 0.488 e. The number of rotatable bonds is 5. The van der Waals surface area contributed by atoms with Crippen LogP contribution in [0.3, 0.4) is 0 Å². The zero-order valence-electron chi connectivity index (χ0n) is 14.8. The summed E-state index contributed by atoms with van der Waals surface area (Å²) in [7, 11) is 0. The molecule has 0 spiro atoms. The lowest BCUT2D eigenvalue weighted by Crippen LogP contribution is -2.35. The van der Waals surface area contributed by atoms with Crippen molar-refractivity contribution in [3.05, 3.63) is 70.9 Å². The minimum atomic E-state index is -0.152. The van der Waals surface area contributed by atoms with Crippen LogP contribution in [0, 0.1) is 5.41 Å². The SMILES string of the molecule is CC1(COCc2ccc(-c3ccccc3)cc2)COc2cscc2OC1.